The van der Waals surface area contributed by atoms with Crippen LogP contribution in [0.15, 0.2) is 59.5 Å². The van der Waals surface area contributed by atoms with E-state index in [-0.39, 0.29) is 4.90 Å². The molecule has 0 aliphatic carbocycles. The summed E-state index contributed by atoms with van der Waals surface area (Å²) < 4.78 is 33.1. The molecule has 7 heteroatoms. The van der Waals surface area contributed by atoms with E-state index in [2.05, 4.69) is 10.0 Å². The standard InChI is InChI=1S/C19H24N2O4S/c1-14-10-12-16(13-11-14)26(23,24)21-17(15-8-6-5-7-9-15)20-18(22)25-19(2,3)4/h5-13,17,21H,1-4H3,(H,20,22). The summed E-state index contributed by atoms with van der Waals surface area (Å²) in [5.74, 6) is 0. The van der Waals surface area contributed by atoms with Crippen molar-refractivity contribution in [2.45, 2.75) is 44.4 Å². The Kier molecular flexibility index (Phi) is 6.05. The van der Waals surface area contributed by atoms with Crippen molar-refractivity contribution in [2.24, 2.45) is 0 Å². The summed E-state index contributed by atoms with van der Waals surface area (Å²) >= 11 is 0. The minimum absolute atomic E-state index is 0.120. The first-order chi connectivity index (χ1) is 12.1. The zero-order valence-corrected chi connectivity index (χ0v) is 16.1. The van der Waals surface area contributed by atoms with E-state index in [0.29, 0.717) is 5.56 Å². The molecular formula is C19H24N2O4S. The minimum atomic E-state index is -3.83. The van der Waals surface area contributed by atoms with Gasteiger partial charge in [0, 0.05) is 0 Å². The zero-order chi connectivity index (χ0) is 19.4. The SMILES string of the molecule is Cc1ccc(S(=O)(=O)NC(NC(=O)OC(C)(C)C)c2ccccc2)cc1. The zero-order valence-electron chi connectivity index (χ0n) is 15.3. The summed E-state index contributed by atoms with van der Waals surface area (Å²) in [5, 5.41) is 2.58. The molecule has 2 N–H and O–H groups in total. The van der Waals surface area contributed by atoms with E-state index in [1.807, 2.05) is 13.0 Å². The number of nitrogens with one attached hydrogen (secondary N) is 2. The van der Waals surface area contributed by atoms with Crippen LogP contribution in [-0.4, -0.2) is 20.1 Å². The second-order valence-corrected chi connectivity index (χ2v) is 8.64. The Morgan fingerprint density at radius 2 is 1.58 bits per heavy atom. The predicted molar refractivity (Wildman–Crippen MR) is 100 cm³/mol. The maximum atomic E-state index is 12.7. The van der Waals surface area contributed by atoms with E-state index in [1.165, 1.54) is 12.1 Å². The van der Waals surface area contributed by atoms with Crippen molar-refractivity contribution in [3.63, 3.8) is 0 Å². The molecule has 0 aromatic heterocycles. The molecule has 0 spiro atoms. The predicted octanol–water partition coefficient (Wildman–Crippen LogP) is 3.50. The highest BCUT2D eigenvalue weighted by Gasteiger charge is 2.25. The number of aryl methyl sites for hydroxylation is 1. The van der Waals surface area contributed by atoms with Gasteiger partial charge in [-0.3, -0.25) is 0 Å². The molecular weight excluding hydrogens is 352 g/mol. The van der Waals surface area contributed by atoms with E-state index >= 15 is 0 Å². The molecule has 0 bridgehead atoms. The van der Waals surface area contributed by atoms with Gasteiger partial charge >= 0.3 is 6.09 Å². The number of alkyl carbamates (subject to hydrolysis) is 1. The number of carbonyl (C=O) groups excluding carboxylic acids is 1. The Balaban J connectivity index is 2.26. The number of benzene rings is 2. The van der Waals surface area contributed by atoms with Gasteiger partial charge in [0.1, 0.15) is 11.8 Å². The third-order valence-electron chi connectivity index (χ3n) is 3.40. The first kappa shape index (κ1) is 19.9. The molecule has 1 unspecified atom stereocenters. The van der Waals surface area contributed by atoms with Crippen LogP contribution in [0.3, 0.4) is 0 Å². The number of carbonyl (C=O) groups is 1. The molecule has 0 saturated carbocycles. The summed E-state index contributed by atoms with van der Waals surface area (Å²) in [4.78, 5) is 12.3. The lowest BCUT2D eigenvalue weighted by Gasteiger charge is -2.24. The molecule has 2 rings (SSSR count). The maximum absolute atomic E-state index is 12.7. The van der Waals surface area contributed by atoms with E-state index < -0.39 is 27.9 Å². The van der Waals surface area contributed by atoms with Crippen LogP contribution in [0.4, 0.5) is 4.79 Å². The number of hydrogen-bond donors (Lipinski definition) is 2. The highest BCUT2D eigenvalue weighted by Crippen LogP contribution is 2.17. The van der Waals surface area contributed by atoms with E-state index in [1.54, 1.807) is 57.2 Å². The Morgan fingerprint density at radius 1 is 1.00 bits per heavy atom. The Hall–Kier alpha value is -2.38. The molecule has 140 valence electrons. The fourth-order valence-corrected chi connectivity index (χ4v) is 3.33. The van der Waals surface area contributed by atoms with Crippen LogP contribution >= 0.6 is 0 Å². The van der Waals surface area contributed by atoms with Gasteiger partial charge in [-0.15, -0.1) is 0 Å². The molecule has 6 nitrogen and oxygen atoms in total. The van der Waals surface area contributed by atoms with Gasteiger partial charge in [-0.2, -0.15) is 4.72 Å². The van der Waals surface area contributed by atoms with Gasteiger partial charge in [0.2, 0.25) is 10.0 Å². The van der Waals surface area contributed by atoms with Gasteiger partial charge in [0.25, 0.3) is 0 Å². The van der Waals surface area contributed by atoms with Gasteiger partial charge in [-0.1, -0.05) is 48.0 Å². The highest BCUT2D eigenvalue weighted by atomic mass is 32.2. The van der Waals surface area contributed by atoms with Crippen molar-refractivity contribution < 1.29 is 17.9 Å². The van der Waals surface area contributed by atoms with Crippen molar-refractivity contribution in [3.8, 4) is 0 Å². The van der Waals surface area contributed by atoms with Crippen LogP contribution < -0.4 is 10.0 Å². The molecule has 0 radical (unpaired) electrons. The number of amides is 1. The van der Waals surface area contributed by atoms with Crippen molar-refractivity contribution in [3.05, 3.63) is 65.7 Å². The number of rotatable bonds is 5. The van der Waals surface area contributed by atoms with Gasteiger partial charge in [-0.05, 0) is 45.4 Å². The van der Waals surface area contributed by atoms with Crippen LogP contribution in [-0.2, 0) is 14.8 Å². The second-order valence-electron chi connectivity index (χ2n) is 6.92. The molecule has 26 heavy (non-hydrogen) atoms. The highest BCUT2D eigenvalue weighted by molar-refractivity contribution is 7.89. The summed E-state index contributed by atoms with van der Waals surface area (Å²) in [6, 6.07) is 15.3. The Bertz CT molecular complexity index is 841. The summed E-state index contributed by atoms with van der Waals surface area (Å²) in [6.07, 6.45) is -1.67. The average molecular weight is 376 g/mol. The summed E-state index contributed by atoms with van der Waals surface area (Å²) in [7, 11) is -3.83. The molecule has 0 saturated heterocycles. The van der Waals surface area contributed by atoms with E-state index in [9.17, 15) is 13.2 Å². The summed E-state index contributed by atoms with van der Waals surface area (Å²) in [6.45, 7) is 7.09. The van der Waals surface area contributed by atoms with Crippen molar-refractivity contribution in [1.82, 2.24) is 10.0 Å². The quantitative estimate of drug-likeness (QED) is 0.782. The maximum Gasteiger partial charge on any atom is 0.409 e. The number of sulfonamides is 1. The molecule has 0 aliphatic rings. The van der Waals surface area contributed by atoms with Crippen LogP contribution in [0.2, 0.25) is 0 Å². The second kappa shape index (κ2) is 7.88. The van der Waals surface area contributed by atoms with Crippen LogP contribution in [0.1, 0.15) is 38.1 Å². The lowest BCUT2D eigenvalue weighted by molar-refractivity contribution is 0.0501. The molecule has 0 fully saturated rings. The third-order valence-corrected chi connectivity index (χ3v) is 4.84. The molecule has 2 aromatic carbocycles. The summed E-state index contributed by atoms with van der Waals surface area (Å²) in [5.41, 5.74) is 0.853. The third kappa shape index (κ3) is 5.86. The molecule has 0 heterocycles. The topological polar surface area (TPSA) is 84.5 Å². The Morgan fingerprint density at radius 3 is 2.12 bits per heavy atom. The molecule has 1 amide bonds. The van der Waals surface area contributed by atoms with E-state index in [0.717, 1.165) is 5.56 Å². The lowest BCUT2D eigenvalue weighted by atomic mass is 10.2. The molecule has 1 atom stereocenters. The first-order valence-electron chi connectivity index (χ1n) is 8.20. The minimum Gasteiger partial charge on any atom is -0.444 e. The van der Waals surface area contributed by atoms with Crippen molar-refractivity contribution in [1.29, 1.82) is 0 Å². The number of hydrogen-bond acceptors (Lipinski definition) is 4. The molecule has 2 aromatic rings. The fraction of sp³-hybridized carbons (Fsp3) is 0.316. The van der Waals surface area contributed by atoms with Crippen LogP contribution in [0.25, 0.3) is 0 Å². The smallest absolute Gasteiger partial charge is 0.409 e. The average Bonchev–Trinajstić information content (AvgIpc) is 2.53. The van der Waals surface area contributed by atoms with Crippen molar-refractivity contribution >= 4 is 16.1 Å². The normalized spacial score (nSPS) is 13.1. The van der Waals surface area contributed by atoms with Gasteiger partial charge < -0.3 is 10.1 Å². The van der Waals surface area contributed by atoms with Gasteiger partial charge in [0.05, 0.1) is 4.90 Å². The van der Waals surface area contributed by atoms with Gasteiger partial charge in [-0.25, -0.2) is 13.2 Å². The monoisotopic (exact) mass is 376 g/mol. The Labute approximate surface area is 154 Å². The first-order valence-corrected chi connectivity index (χ1v) is 9.69. The van der Waals surface area contributed by atoms with Crippen LogP contribution in [0, 0.1) is 6.92 Å². The fourth-order valence-electron chi connectivity index (χ4n) is 2.19. The van der Waals surface area contributed by atoms with Crippen LogP contribution in [0.5, 0.6) is 0 Å². The molecule has 0 aliphatic heterocycles. The lowest BCUT2D eigenvalue weighted by Crippen LogP contribution is -2.43. The largest absolute Gasteiger partial charge is 0.444 e. The number of ether oxygens (including phenoxy) is 1. The van der Waals surface area contributed by atoms with E-state index in [4.69, 9.17) is 4.74 Å². The van der Waals surface area contributed by atoms with Gasteiger partial charge in [0.15, 0.2) is 0 Å². The van der Waals surface area contributed by atoms with Crippen molar-refractivity contribution in [2.75, 3.05) is 0 Å².